The van der Waals surface area contributed by atoms with E-state index in [1.807, 2.05) is 16.7 Å². The predicted octanol–water partition coefficient (Wildman–Crippen LogP) is 3.08. The number of piperidine rings is 1. The van der Waals surface area contributed by atoms with E-state index in [2.05, 4.69) is 15.0 Å². The second kappa shape index (κ2) is 7.74. The lowest BCUT2D eigenvalue weighted by Crippen LogP contribution is -2.48. The normalized spacial score (nSPS) is 20.9. The molecule has 2 bridgehead atoms. The van der Waals surface area contributed by atoms with Gasteiger partial charge in [-0.05, 0) is 30.9 Å². The maximum absolute atomic E-state index is 12.4. The van der Waals surface area contributed by atoms with Crippen molar-refractivity contribution in [1.82, 2.24) is 24.1 Å². The first-order valence-electron chi connectivity index (χ1n) is 11.1. The van der Waals surface area contributed by atoms with Crippen LogP contribution in [0.5, 0.6) is 5.88 Å². The van der Waals surface area contributed by atoms with Crippen LogP contribution in [0.4, 0.5) is 5.69 Å². The minimum absolute atomic E-state index is 0.0220. The van der Waals surface area contributed by atoms with Gasteiger partial charge in [-0.15, -0.1) is 5.10 Å². The number of non-ortho nitro benzene ring substituents is 1. The van der Waals surface area contributed by atoms with E-state index in [-0.39, 0.29) is 29.1 Å². The molecule has 1 saturated heterocycles. The third kappa shape index (κ3) is 3.31. The molecule has 2 aliphatic heterocycles. The van der Waals surface area contributed by atoms with Gasteiger partial charge in [0.1, 0.15) is 5.82 Å². The average molecular weight is 479 g/mol. The topological polar surface area (TPSA) is 119 Å². The average Bonchev–Trinajstić information content (AvgIpc) is 3.32. The quantitative estimate of drug-likeness (QED) is 0.354. The molecule has 2 aliphatic rings. The van der Waals surface area contributed by atoms with Crippen LogP contribution in [0.1, 0.15) is 40.3 Å². The molecule has 0 amide bonds. The molecule has 0 spiro atoms. The van der Waals surface area contributed by atoms with Crippen molar-refractivity contribution in [3.63, 3.8) is 0 Å². The molecule has 3 unspecified atom stereocenters. The van der Waals surface area contributed by atoms with Gasteiger partial charge in [-0.2, -0.15) is 4.52 Å². The fourth-order valence-corrected chi connectivity index (χ4v) is 6.64. The maximum Gasteiger partial charge on any atom is 0.269 e. The van der Waals surface area contributed by atoms with Gasteiger partial charge in [-0.3, -0.25) is 19.8 Å². The first-order chi connectivity index (χ1) is 16.4. The van der Waals surface area contributed by atoms with Crippen LogP contribution in [0.2, 0.25) is 0 Å². The lowest BCUT2D eigenvalue weighted by Gasteiger charge is -2.45. The molecule has 34 heavy (non-hydrogen) atoms. The number of hydrogen-bond donors (Lipinski definition) is 1. The Morgan fingerprint density at radius 1 is 1.18 bits per heavy atom. The number of hydrogen-bond acceptors (Lipinski definition) is 8. The number of fused-ring (bicyclic) bond motifs is 5. The van der Waals surface area contributed by atoms with E-state index in [1.54, 1.807) is 25.1 Å². The van der Waals surface area contributed by atoms with Crippen LogP contribution in [0.15, 0.2) is 47.3 Å². The van der Waals surface area contributed by atoms with Crippen molar-refractivity contribution in [2.75, 3.05) is 13.1 Å². The van der Waals surface area contributed by atoms with E-state index in [1.165, 1.54) is 28.0 Å². The molecule has 6 rings (SSSR count). The van der Waals surface area contributed by atoms with E-state index in [0.29, 0.717) is 34.7 Å². The lowest BCUT2D eigenvalue weighted by atomic mass is 9.82. The van der Waals surface area contributed by atoms with E-state index in [0.717, 1.165) is 24.2 Å². The number of rotatable bonds is 4. The number of thiazole rings is 1. The predicted molar refractivity (Wildman–Crippen MR) is 125 cm³/mol. The molecule has 4 aromatic rings. The second-order valence-corrected chi connectivity index (χ2v) is 10.1. The molecule has 174 valence electrons. The Morgan fingerprint density at radius 2 is 1.97 bits per heavy atom. The Hall–Kier alpha value is -3.57. The maximum atomic E-state index is 12.4. The molecule has 1 aromatic carbocycles. The summed E-state index contributed by atoms with van der Waals surface area (Å²) in [5, 5.41) is 26.6. The molecule has 11 heteroatoms. The van der Waals surface area contributed by atoms with Crippen molar-refractivity contribution < 1.29 is 10.0 Å². The van der Waals surface area contributed by atoms with Crippen molar-refractivity contribution >= 4 is 22.0 Å². The van der Waals surface area contributed by atoms with Crippen molar-refractivity contribution in [3.05, 3.63) is 84.9 Å². The second-order valence-electron chi connectivity index (χ2n) is 9.05. The van der Waals surface area contributed by atoms with Crippen LogP contribution in [-0.4, -0.2) is 47.2 Å². The summed E-state index contributed by atoms with van der Waals surface area (Å²) in [6, 6.07) is 11.6. The van der Waals surface area contributed by atoms with Gasteiger partial charge in [0.2, 0.25) is 10.8 Å². The van der Waals surface area contributed by atoms with Crippen LogP contribution in [0, 0.1) is 23.0 Å². The number of aromatic nitrogens is 4. The van der Waals surface area contributed by atoms with Gasteiger partial charge in [0.25, 0.3) is 11.2 Å². The minimum atomic E-state index is -0.415. The first-order valence-corrected chi connectivity index (χ1v) is 11.9. The largest absolute Gasteiger partial charge is 0.492 e. The number of nitro groups is 1. The van der Waals surface area contributed by atoms with Gasteiger partial charge >= 0.3 is 0 Å². The zero-order chi connectivity index (χ0) is 23.6. The van der Waals surface area contributed by atoms with Gasteiger partial charge in [0.05, 0.1) is 15.8 Å². The van der Waals surface area contributed by atoms with Gasteiger partial charge in [0.15, 0.2) is 0 Å². The lowest BCUT2D eigenvalue weighted by molar-refractivity contribution is -0.384. The van der Waals surface area contributed by atoms with E-state index < -0.39 is 4.92 Å². The van der Waals surface area contributed by atoms with Crippen LogP contribution in [0.3, 0.4) is 0 Å². The molecule has 10 nitrogen and oxygen atoms in total. The van der Waals surface area contributed by atoms with Gasteiger partial charge < -0.3 is 9.67 Å². The fourth-order valence-electron chi connectivity index (χ4n) is 5.48. The molecule has 0 saturated carbocycles. The Balaban J connectivity index is 1.45. The fraction of sp³-hybridized carbons (Fsp3) is 0.348. The zero-order valence-corrected chi connectivity index (χ0v) is 19.2. The highest BCUT2D eigenvalue weighted by Crippen LogP contribution is 2.44. The van der Waals surface area contributed by atoms with Crippen LogP contribution in [-0.2, 0) is 6.54 Å². The van der Waals surface area contributed by atoms with Crippen molar-refractivity contribution in [2.24, 2.45) is 5.92 Å². The molecule has 1 fully saturated rings. The number of benzene rings is 1. The van der Waals surface area contributed by atoms with Crippen LogP contribution in [0.25, 0.3) is 4.96 Å². The Kier molecular flexibility index (Phi) is 4.78. The highest BCUT2D eigenvalue weighted by molar-refractivity contribution is 7.17. The first kappa shape index (κ1) is 21.0. The van der Waals surface area contributed by atoms with Crippen molar-refractivity contribution in [3.8, 4) is 5.88 Å². The highest BCUT2D eigenvalue weighted by atomic mass is 32.1. The SMILES string of the molecule is Cc1nc2sc(C(c3ccc([N+](=O)[O-])cc3)N3CC4CC(C3)c3cccc(=O)n3C4)c(O)n2n1. The summed E-state index contributed by atoms with van der Waals surface area (Å²) in [5.41, 5.74) is 1.95. The van der Waals surface area contributed by atoms with E-state index in [9.17, 15) is 20.0 Å². The summed E-state index contributed by atoms with van der Waals surface area (Å²) < 4.78 is 3.34. The molecular weight excluding hydrogens is 456 g/mol. The molecular formula is C23H22N6O4S. The Morgan fingerprint density at radius 3 is 2.71 bits per heavy atom. The number of likely N-dealkylation sites (tertiary alicyclic amines) is 1. The summed E-state index contributed by atoms with van der Waals surface area (Å²) >= 11 is 1.38. The molecule has 1 N–H and O–H groups in total. The van der Waals surface area contributed by atoms with E-state index >= 15 is 0 Å². The monoisotopic (exact) mass is 478 g/mol. The number of aromatic hydroxyl groups is 1. The van der Waals surface area contributed by atoms with Gasteiger partial charge in [0, 0.05) is 49.4 Å². The molecule has 0 radical (unpaired) electrons. The van der Waals surface area contributed by atoms with Gasteiger partial charge in [-0.25, -0.2) is 4.98 Å². The number of nitro benzene ring substituents is 1. The minimum Gasteiger partial charge on any atom is -0.492 e. The van der Waals surface area contributed by atoms with E-state index in [4.69, 9.17) is 0 Å². The summed E-state index contributed by atoms with van der Waals surface area (Å²) in [7, 11) is 0. The zero-order valence-electron chi connectivity index (χ0n) is 18.4. The van der Waals surface area contributed by atoms with Crippen LogP contribution < -0.4 is 5.56 Å². The van der Waals surface area contributed by atoms with Crippen molar-refractivity contribution in [2.45, 2.75) is 31.8 Å². The number of pyridine rings is 1. The summed E-state index contributed by atoms with van der Waals surface area (Å²) in [5.74, 6) is 1.10. The molecule has 0 aliphatic carbocycles. The summed E-state index contributed by atoms with van der Waals surface area (Å²) in [6.07, 6.45) is 1.01. The summed E-state index contributed by atoms with van der Waals surface area (Å²) in [4.78, 5) is 31.3. The third-order valence-electron chi connectivity index (χ3n) is 6.85. The number of nitrogens with zero attached hydrogens (tertiary/aromatic N) is 6. The third-order valence-corrected chi connectivity index (χ3v) is 7.92. The Bertz CT molecular complexity index is 1470. The number of aryl methyl sites for hydroxylation is 1. The molecule has 5 heterocycles. The highest BCUT2D eigenvalue weighted by Gasteiger charge is 2.39. The smallest absolute Gasteiger partial charge is 0.269 e. The summed E-state index contributed by atoms with van der Waals surface area (Å²) in [6.45, 7) is 3.88. The van der Waals surface area contributed by atoms with Gasteiger partial charge in [-0.1, -0.05) is 29.5 Å². The Labute approximate surface area is 197 Å². The van der Waals surface area contributed by atoms with Crippen LogP contribution >= 0.6 is 11.3 Å². The molecule has 3 atom stereocenters. The van der Waals surface area contributed by atoms with Crippen molar-refractivity contribution in [1.29, 1.82) is 0 Å². The molecule has 3 aromatic heterocycles. The standard InChI is InChI=1S/C23H22N6O4S/c1-13-24-23-28(25-13)22(31)21(34-23)20(15-5-7-17(8-6-15)29(32)33)26-10-14-9-16(12-26)18-3-2-4-19(30)27(18)11-14/h2-8,14,16,20,31H,9-12H2,1H3.